The van der Waals surface area contributed by atoms with Crippen LogP contribution in [0.2, 0.25) is 0 Å². The number of hydrogen-bond acceptors (Lipinski definition) is 3. The van der Waals surface area contributed by atoms with Crippen molar-refractivity contribution in [3.8, 4) is 0 Å². The highest BCUT2D eigenvalue weighted by atomic mass is 35.5. The average Bonchev–Trinajstić information content (AvgIpc) is 2.77. The van der Waals surface area contributed by atoms with Crippen LogP contribution in [0.15, 0.2) is 35.2 Å². The second kappa shape index (κ2) is 5.95. The molecule has 0 aliphatic carbocycles. The molecule has 1 aromatic carbocycles. The summed E-state index contributed by atoms with van der Waals surface area (Å²) < 4.78 is 27.0. The maximum Gasteiger partial charge on any atom is 0.244 e. The van der Waals surface area contributed by atoms with E-state index in [-0.39, 0.29) is 11.4 Å². The SMILES string of the molecule is Cc1n[nH]c(C)c1S(=O)(=O)NCC(Cl)c1ccccc1. The molecule has 0 radical (unpaired) electrons. The molecule has 5 nitrogen and oxygen atoms in total. The van der Waals surface area contributed by atoms with Gasteiger partial charge in [0.2, 0.25) is 10.0 Å². The van der Waals surface area contributed by atoms with Crippen molar-refractivity contribution < 1.29 is 8.42 Å². The average molecular weight is 314 g/mol. The van der Waals surface area contributed by atoms with Crippen molar-refractivity contribution in [3.05, 3.63) is 47.3 Å². The molecule has 1 aromatic heterocycles. The Labute approximate surface area is 123 Å². The molecule has 7 heteroatoms. The minimum Gasteiger partial charge on any atom is -0.281 e. The van der Waals surface area contributed by atoms with Crippen molar-refractivity contribution in [2.45, 2.75) is 24.1 Å². The van der Waals surface area contributed by atoms with Crippen LogP contribution in [-0.2, 0) is 10.0 Å². The quantitative estimate of drug-likeness (QED) is 0.832. The standard InChI is InChI=1S/C13H16ClN3O2S/c1-9-13(10(2)17-16-9)20(18,19)15-8-12(14)11-6-4-3-5-7-11/h3-7,12,15H,8H2,1-2H3,(H,16,17). The number of hydrogen-bond donors (Lipinski definition) is 2. The fraction of sp³-hybridized carbons (Fsp3) is 0.308. The molecule has 2 rings (SSSR count). The van der Waals surface area contributed by atoms with Crippen LogP contribution in [0.5, 0.6) is 0 Å². The molecule has 0 saturated heterocycles. The molecule has 0 aliphatic heterocycles. The van der Waals surface area contributed by atoms with Crippen LogP contribution >= 0.6 is 11.6 Å². The van der Waals surface area contributed by atoms with E-state index in [1.165, 1.54) is 0 Å². The van der Waals surface area contributed by atoms with Gasteiger partial charge in [-0.05, 0) is 19.4 Å². The zero-order valence-corrected chi connectivity index (χ0v) is 12.8. The Bertz CT molecular complexity index is 663. The minimum absolute atomic E-state index is 0.123. The lowest BCUT2D eigenvalue weighted by atomic mass is 10.1. The van der Waals surface area contributed by atoms with E-state index in [1.54, 1.807) is 13.8 Å². The highest BCUT2D eigenvalue weighted by Gasteiger charge is 2.23. The number of H-pyrrole nitrogens is 1. The van der Waals surface area contributed by atoms with E-state index in [9.17, 15) is 8.42 Å². The van der Waals surface area contributed by atoms with Crippen molar-refractivity contribution in [3.63, 3.8) is 0 Å². The Morgan fingerprint density at radius 1 is 1.30 bits per heavy atom. The van der Waals surface area contributed by atoms with E-state index >= 15 is 0 Å². The fourth-order valence-electron chi connectivity index (χ4n) is 1.97. The van der Waals surface area contributed by atoms with Gasteiger partial charge in [0.05, 0.1) is 16.8 Å². The highest BCUT2D eigenvalue weighted by molar-refractivity contribution is 7.89. The molecule has 2 aromatic rings. The van der Waals surface area contributed by atoms with Crippen LogP contribution in [-0.4, -0.2) is 25.2 Å². The summed E-state index contributed by atoms with van der Waals surface area (Å²) in [6.45, 7) is 3.44. The van der Waals surface area contributed by atoms with Crippen molar-refractivity contribution in [2.24, 2.45) is 0 Å². The molecule has 0 aliphatic rings. The lowest BCUT2D eigenvalue weighted by Gasteiger charge is -2.11. The van der Waals surface area contributed by atoms with Crippen LogP contribution < -0.4 is 4.72 Å². The third-order valence-electron chi connectivity index (χ3n) is 2.94. The van der Waals surface area contributed by atoms with E-state index < -0.39 is 15.4 Å². The van der Waals surface area contributed by atoms with E-state index in [0.29, 0.717) is 11.4 Å². The molecule has 1 atom stereocenters. The zero-order valence-electron chi connectivity index (χ0n) is 11.2. The number of nitrogens with one attached hydrogen (secondary N) is 2. The summed E-state index contributed by atoms with van der Waals surface area (Å²) in [7, 11) is -3.61. The van der Waals surface area contributed by atoms with Gasteiger partial charge in [-0.2, -0.15) is 5.10 Å². The van der Waals surface area contributed by atoms with Crippen molar-refractivity contribution in [1.82, 2.24) is 14.9 Å². The Morgan fingerprint density at radius 2 is 1.95 bits per heavy atom. The molecule has 108 valence electrons. The molecular formula is C13H16ClN3O2S. The van der Waals surface area contributed by atoms with Crippen LogP contribution in [0.25, 0.3) is 0 Å². The summed E-state index contributed by atoms with van der Waals surface area (Å²) in [6, 6.07) is 9.34. The number of nitrogens with zero attached hydrogens (tertiary/aromatic N) is 1. The zero-order chi connectivity index (χ0) is 14.8. The smallest absolute Gasteiger partial charge is 0.244 e. The molecule has 0 amide bonds. The Hall–Kier alpha value is -1.37. The third-order valence-corrected chi connectivity index (χ3v) is 5.04. The van der Waals surface area contributed by atoms with E-state index in [4.69, 9.17) is 11.6 Å². The number of rotatable bonds is 5. The minimum atomic E-state index is -3.61. The summed E-state index contributed by atoms with van der Waals surface area (Å²) in [5.41, 5.74) is 1.83. The van der Waals surface area contributed by atoms with Gasteiger partial charge >= 0.3 is 0 Å². The normalized spacial score (nSPS) is 13.3. The van der Waals surface area contributed by atoms with Crippen molar-refractivity contribution >= 4 is 21.6 Å². The lowest BCUT2D eigenvalue weighted by molar-refractivity contribution is 0.579. The van der Waals surface area contributed by atoms with Gasteiger partial charge in [0.25, 0.3) is 0 Å². The van der Waals surface area contributed by atoms with Gasteiger partial charge in [-0.3, -0.25) is 5.10 Å². The second-order valence-corrected chi connectivity index (χ2v) is 6.72. The van der Waals surface area contributed by atoms with Crippen LogP contribution in [0, 0.1) is 13.8 Å². The van der Waals surface area contributed by atoms with Crippen LogP contribution in [0.3, 0.4) is 0 Å². The van der Waals surface area contributed by atoms with Crippen molar-refractivity contribution in [2.75, 3.05) is 6.54 Å². The number of aryl methyl sites for hydroxylation is 2. The molecule has 20 heavy (non-hydrogen) atoms. The fourth-order valence-corrected chi connectivity index (χ4v) is 3.70. The van der Waals surface area contributed by atoms with Gasteiger partial charge in [0.1, 0.15) is 4.90 Å². The monoisotopic (exact) mass is 313 g/mol. The van der Waals surface area contributed by atoms with Gasteiger partial charge in [-0.1, -0.05) is 30.3 Å². The van der Waals surface area contributed by atoms with E-state index in [2.05, 4.69) is 14.9 Å². The first kappa shape index (κ1) is 15.0. The maximum atomic E-state index is 12.2. The van der Waals surface area contributed by atoms with Crippen molar-refractivity contribution in [1.29, 1.82) is 0 Å². The number of aromatic nitrogens is 2. The lowest BCUT2D eigenvalue weighted by Crippen LogP contribution is -2.27. The summed E-state index contributed by atoms with van der Waals surface area (Å²) in [5.74, 6) is 0. The summed E-state index contributed by atoms with van der Waals surface area (Å²) in [6.07, 6.45) is 0. The van der Waals surface area contributed by atoms with E-state index in [1.807, 2.05) is 30.3 Å². The molecule has 0 saturated carbocycles. The third kappa shape index (κ3) is 3.20. The molecule has 2 N–H and O–H groups in total. The first-order chi connectivity index (χ1) is 9.42. The summed E-state index contributed by atoms with van der Waals surface area (Å²) >= 11 is 6.20. The largest absolute Gasteiger partial charge is 0.281 e. The number of halogens is 1. The predicted molar refractivity (Wildman–Crippen MR) is 78.3 cm³/mol. The van der Waals surface area contributed by atoms with Gasteiger partial charge < -0.3 is 0 Å². The van der Waals surface area contributed by atoms with Gasteiger partial charge in [-0.25, -0.2) is 13.1 Å². The number of alkyl halides is 1. The van der Waals surface area contributed by atoms with Gasteiger partial charge in [-0.15, -0.1) is 11.6 Å². The topological polar surface area (TPSA) is 74.8 Å². The Balaban J connectivity index is 2.11. The van der Waals surface area contributed by atoms with Gasteiger partial charge in [0.15, 0.2) is 0 Å². The van der Waals surface area contributed by atoms with Gasteiger partial charge in [0, 0.05) is 6.54 Å². The van der Waals surface area contributed by atoms with E-state index in [0.717, 1.165) is 5.56 Å². The Kier molecular flexibility index (Phi) is 4.47. The Morgan fingerprint density at radius 3 is 2.50 bits per heavy atom. The first-order valence-electron chi connectivity index (χ1n) is 6.12. The second-order valence-electron chi connectivity index (χ2n) is 4.49. The molecular weight excluding hydrogens is 298 g/mol. The number of benzene rings is 1. The summed E-state index contributed by atoms with van der Waals surface area (Å²) in [4.78, 5) is 0.189. The molecule has 1 heterocycles. The first-order valence-corrected chi connectivity index (χ1v) is 8.04. The predicted octanol–water partition coefficient (Wildman–Crippen LogP) is 2.28. The van der Waals surface area contributed by atoms with Crippen LogP contribution in [0.4, 0.5) is 0 Å². The number of aromatic amines is 1. The van der Waals surface area contributed by atoms with Crippen LogP contribution in [0.1, 0.15) is 22.3 Å². The maximum absolute atomic E-state index is 12.2. The molecule has 0 fully saturated rings. The molecule has 1 unspecified atom stereocenters. The number of sulfonamides is 1. The molecule has 0 bridgehead atoms. The highest BCUT2D eigenvalue weighted by Crippen LogP contribution is 2.21. The molecule has 0 spiro atoms. The summed E-state index contributed by atoms with van der Waals surface area (Å²) in [5, 5.41) is 6.13.